The normalized spacial score (nSPS) is 16.4. The second-order valence-electron chi connectivity index (χ2n) is 12.4. The van der Waals surface area contributed by atoms with Gasteiger partial charge in [0.2, 0.25) is 0 Å². The number of hydrogen-bond donors (Lipinski definition) is 0. The van der Waals surface area contributed by atoms with Crippen molar-refractivity contribution in [2.24, 2.45) is 0 Å². The lowest BCUT2D eigenvalue weighted by Gasteiger charge is -2.23. The third kappa shape index (κ3) is 4.77. The summed E-state index contributed by atoms with van der Waals surface area (Å²) in [5, 5.41) is 1.06. The fraction of sp³-hybridized carbons (Fsp3) is 0.0465. The van der Waals surface area contributed by atoms with Crippen LogP contribution in [0.1, 0.15) is 17.3 Å². The van der Waals surface area contributed by atoms with E-state index in [0.29, 0.717) is 23.1 Å². The Morgan fingerprint density at radius 3 is 1.92 bits per heavy atom. The van der Waals surface area contributed by atoms with Gasteiger partial charge in [0.25, 0.3) is 0 Å². The highest BCUT2D eigenvalue weighted by Gasteiger charge is 2.39. The van der Waals surface area contributed by atoms with Gasteiger partial charge in [0.15, 0.2) is 23.1 Å². The number of rotatable bonds is 5. The van der Waals surface area contributed by atoms with Gasteiger partial charge in [-0.2, -0.15) is 0 Å². The number of hydrogen-bond acceptors (Lipinski definition) is 7. The van der Waals surface area contributed by atoms with Gasteiger partial charge in [0, 0.05) is 43.3 Å². The Balaban J connectivity index is 1.11. The highest BCUT2D eigenvalue weighted by molar-refractivity contribution is 8.01. The summed E-state index contributed by atoms with van der Waals surface area (Å²) >= 11 is 1.85. The maximum absolute atomic E-state index is 6.39. The molecule has 0 spiro atoms. The van der Waals surface area contributed by atoms with Crippen molar-refractivity contribution in [1.82, 2.24) is 24.9 Å². The number of benzene rings is 5. The smallest absolute Gasteiger partial charge is 0.180 e. The molecule has 1 aliphatic heterocycles. The van der Waals surface area contributed by atoms with E-state index in [1.165, 1.54) is 10.5 Å². The van der Waals surface area contributed by atoms with Crippen LogP contribution in [0.5, 0.6) is 0 Å². The Kier molecular flexibility index (Phi) is 6.77. The van der Waals surface area contributed by atoms with Gasteiger partial charge in [-0.3, -0.25) is 0 Å². The van der Waals surface area contributed by atoms with Crippen molar-refractivity contribution in [2.75, 3.05) is 0 Å². The van der Waals surface area contributed by atoms with Gasteiger partial charge >= 0.3 is 0 Å². The second-order valence-corrected chi connectivity index (χ2v) is 13.5. The SMILES string of the molecule is C1=CC(c2nc(-c3ccccc3)c3oc4ccccc4c3n2)C2Sc3cccc(-c4nc(-c5ccccc5)nc(-c5ccccc5)n4)c3C2=C1. The zero-order chi connectivity index (χ0) is 33.0. The van der Waals surface area contributed by atoms with Crippen molar-refractivity contribution in [3.8, 4) is 45.4 Å². The van der Waals surface area contributed by atoms with Crippen LogP contribution in [0.3, 0.4) is 0 Å². The fourth-order valence-electron chi connectivity index (χ4n) is 6.98. The fourth-order valence-corrected chi connectivity index (χ4v) is 8.44. The Hall–Kier alpha value is -6.18. The summed E-state index contributed by atoms with van der Waals surface area (Å²) in [6.45, 7) is 0. The molecule has 50 heavy (non-hydrogen) atoms. The van der Waals surface area contributed by atoms with Gasteiger partial charge in [0.05, 0.1) is 5.92 Å². The van der Waals surface area contributed by atoms with E-state index in [1.54, 1.807) is 0 Å². The van der Waals surface area contributed by atoms with Crippen LogP contribution in [0.2, 0.25) is 0 Å². The molecule has 10 rings (SSSR count). The van der Waals surface area contributed by atoms with Gasteiger partial charge in [-0.25, -0.2) is 24.9 Å². The molecule has 6 nitrogen and oxygen atoms in total. The number of fused-ring (bicyclic) bond motifs is 6. The summed E-state index contributed by atoms with van der Waals surface area (Å²) in [7, 11) is 0. The Morgan fingerprint density at radius 1 is 0.560 bits per heavy atom. The van der Waals surface area contributed by atoms with Gasteiger partial charge in [-0.15, -0.1) is 11.8 Å². The standard InChI is InChI=1S/C43H27N5OS/c1-4-14-26(15-5-1)36-38-37(29-20-10-11-24-33(29)49-38)45-43(44-36)32-23-12-21-30-35-31(22-13-25-34(35)50-39(30)32)42-47-40(27-16-6-2-7-17-27)46-41(48-42)28-18-8-3-9-19-28/h1-25,32,39H. The van der Waals surface area contributed by atoms with Crippen LogP contribution in [-0.4, -0.2) is 30.2 Å². The van der Waals surface area contributed by atoms with E-state index in [9.17, 15) is 0 Å². The minimum absolute atomic E-state index is 0.0689. The molecule has 8 aromatic rings. The van der Waals surface area contributed by atoms with Crippen LogP contribution >= 0.6 is 11.8 Å². The van der Waals surface area contributed by atoms with Gasteiger partial charge in [-0.1, -0.05) is 133 Å². The van der Waals surface area contributed by atoms with E-state index in [4.69, 9.17) is 29.3 Å². The summed E-state index contributed by atoms with van der Waals surface area (Å²) in [4.78, 5) is 26.8. The molecule has 0 N–H and O–H groups in total. The third-order valence-electron chi connectivity index (χ3n) is 9.32. The maximum atomic E-state index is 6.39. The average molecular weight is 662 g/mol. The molecule has 0 amide bonds. The van der Waals surface area contributed by atoms with Crippen molar-refractivity contribution >= 4 is 39.4 Å². The first kappa shape index (κ1) is 28.8. The molecule has 0 saturated heterocycles. The minimum Gasteiger partial charge on any atom is -0.452 e. The number of thioether (sulfide) groups is 1. The number of furan rings is 1. The molecule has 1 aliphatic carbocycles. The third-order valence-corrected chi connectivity index (χ3v) is 10.7. The molecule has 236 valence electrons. The summed E-state index contributed by atoms with van der Waals surface area (Å²) in [5.74, 6) is 2.64. The largest absolute Gasteiger partial charge is 0.452 e. The number of allylic oxidation sites excluding steroid dienone is 3. The molecular weight excluding hydrogens is 635 g/mol. The molecule has 4 heterocycles. The van der Waals surface area contributed by atoms with Gasteiger partial charge < -0.3 is 4.42 Å². The molecule has 0 saturated carbocycles. The van der Waals surface area contributed by atoms with E-state index in [1.807, 2.05) is 109 Å². The van der Waals surface area contributed by atoms with Crippen molar-refractivity contribution < 1.29 is 4.42 Å². The second kappa shape index (κ2) is 11.8. The highest BCUT2D eigenvalue weighted by atomic mass is 32.2. The van der Waals surface area contributed by atoms with E-state index in [0.717, 1.165) is 55.8 Å². The van der Waals surface area contributed by atoms with E-state index in [-0.39, 0.29) is 11.2 Å². The predicted octanol–water partition coefficient (Wildman–Crippen LogP) is 10.4. The van der Waals surface area contributed by atoms with Crippen LogP contribution < -0.4 is 0 Å². The van der Waals surface area contributed by atoms with E-state index >= 15 is 0 Å². The van der Waals surface area contributed by atoms with Crippen LogP contribution in [0.4, 0.5) is 0 Å². The molecule has 5 aromatic carbocycles. The van der Waals surface area contributed by atoms with Gasteiger partial charge in [-0.05, 0) is 23.8 Å². The van der Waals surface area contributed by atoms with E-state index in [2.05, 4.69) is 54.6 Å². The minimum atomic E-state index is -0.0705. The Labute approximate surface area is 292 Å². The van der Waals surface area contributed by atoms with Crippen LogP contribution in [0.25, 0.3) is 73.1 Å². The predicted molar refractivity (Wildman–Crippen MR) is 200 cm³/mol. The number of nitrogens with zero attached hydrogens (tertiary/aromatic N) is 5. The van der Waals surface area contributed by atoms with Crippen molar-refractivity contribution in [2.45, 2.75) is 16.1 Å². The lowest BCUT2D eigenvalue weighted by atomic mass is 9.87. The van der Waals surface area contributed by atoms with E-state index < -0.39 is 0 Å². The summed E-state index contributed by atoms with van der Waals surface area (Å²) in [6.07, 6.45) is 6.60. The molecule has 0 fully saturated rings. The Bertz CT molecular complexity index is 2580. The average Bonchev–Trinajstić information content (AvgIpc) is 3.77. The molecule has 0 radical (unpaired) electrons. The molecule has 2 atom stereocenters. The van der Waals surface area contributed by atoms with Crippen molar-refractivity contribution in [3.05, 3.63) is 163 Å². The lowest BCUT2D eigenvalue weighted by Crippen LogP contribution is -2.18. The van der Waals surface area contributed by atoms with Crippen LogP contribution in [0.15, 0.2) is 161 Å². The molecule has 2 unspecified atom stereocenters. The Morgan fingerprint density at radius 2 is 1.20 bits per heavy atom. The van der Waals surface area contributed by atoms with Crippen molar-refractivity contribution in [1.29, 1.82) is 0 Å². The van der Waals surface area contributed by atoms with Crippen molar-refractivity contribution in [3.63, 3.8) is 0 Å². The summed E-state index contributed by atoms with van der Waals surface area (Å²) < 4.78 is 6.39. The first-order chi connectivity index (χ1) is 24.8. The summed E-state index contributed by atoms with van der Waals surface area (Å²) in [5.41, 5.74) is 9.40. The first-order valence-corrected chi connectivity index (χ1v) is 17.5. The quantitative estimate of drug-likeness (QED) is 0.182. The summed E-state index contributed by atoms with van der Waals surface area (Å²) in [6, 6.07) is 45.0. The highest BCUT2D eigenvalue weighted by Crippen LogP contribution is 2.54. The zero-order valence-electron chi connectivity index (χ0n) is 26.6. The zero-order valence-corrected chi connectivity index (χ0v) is 27.5. The molecule has 0 bridgehead atoms. The maximum Gasteiger partial charge on any atom is 0.180 e. The van der Waals surface area contributed by atoms with Crippen LogP contribution in [-0.2, 0) is 0 Å². The molecule has 3 aromatic heterocycles. The number of aromatic nitrogens is 5. The number of para-hydroxylation sites is 1. The molecule has 2 aliphatic rings. The van der Waals surface area contributed by atoms with Gasteiger partial charge in [0.1, 0.15) is 22.6 Å². The topological polar surface area (TPSA) is 77.6 Å². The van der Waals surface area contributed by atoms with Crippen LogP contribution in [0, 0.1) is 0 Å². The molecular formula is C43H27N5OS. The monoisotopic (exact) mass is 661 g/mol. The molecule has 7 heteroatoms. The first-order valence-electron chi connectivity index (χ1n) is 16.6. The lowest BCUT2D eigenvalue weighted by molar-refractivity contribution is 0.664.